The van der Waals surface area contributed by atoms with Gasteiger partial charge in [-0.1, -0.05) is 27.2 Å². The van der Waals surface area contributed by atoms with Crippen LogP contribution in [0.25, 0.3) is 0 Å². The van der Waals surface area contributed by atoms with Gasteiger partial charge in [-0.25, -0.2) is 0 Å². The van der Waals surface area contributed by atoms with Crippen LogP contribution in [-0.2, 0) is 9.53 Å². The highest BCUT2D eigenvalue weighted by molar-refractivity contribution is 5.77. The number of amides is 1. The Morgan fingerprint density at radius 2 is 2.11 bits per heavy atom. The van der Waals surface area contributed by atoms with Gasteiger partial charge in [-0.05, 0) is 30.6 Å². The molecule has 1 saturated carbocycles. The molecule has 0 saturated heterocycles. The van der Waals surface area contributed by atoms with Gasteiger partial charge in [-0.2, -0.15) is 0 Å². The zero-order valence-corrected chi connectivity index (χ0v) is 12.8. The second-order valence-electron chi connectivity index (χ2n) is 6.21. The van der Waals surface area contributed by atoms with Gasteiger partial charge < -0.3 is 14.7 Å². The summed E-state index contributed by atoms with van der Waals surface area (Å²) < 4.78 is 5.88. The number of likely N-dealkylation sites (N-methyl/N-ethyl adjacent to an activating group) is 1. The molecule has 4 heteroatoms. The Bertz CT molecular complexity index is 281. The molecular weight excluding hydrogens is 242 g/mol. The Balaban J connectivity index is 2.46. The molecule has 0 unspecified atom stereocenters. The number of aliphatic hydroxyl groups is 1. The second-order valence-corrected chi connectivity index (χ2v) is 6.21. The minimum absolute atomic E-state index is 0.00266. The summed E-state index contributed by atoms with van der Waals surface area (Å²) in [6.07, 6.45) is 3.72. The van der Waals surface area contributed by atoms with Gasteiger partial charge in [0, 0.05) is 13.6 Å². The molecule has 1 fully saturated rings. The Kier molecular flexibility index (Phi) is 6.80. The molecule has 1 N–H and O–H groups in total. The van der Waals surface area contributed by atoms with Gasteiger partial charge >= 0.3 is 0 Å². The van der Waals surface area contributed by atoms with E-state index in [4.69, 9.17) is 9.84 Å². The minimum Gasteiger partial charge on any atom is -0.395 e. The van der Waals surface area contributed by atoms with E-state index in [2.05, 4.69) is 20.8 Å². The van der Waals surface area contributed by atoms with Crippen molar-refractivity contribution in [1.82, 2.24) is 4.90 Å². The zero-order valence-electron chi connectivity index (χ0n) is 12.8. The predicted molar refractivity (Wildman–Crippen MR) is 75.8 cm³/mol. The first-order valence-electron chi connectivity index (χ1n) is 7.42. The van der Waals surface area contributed by atoms with Crippen LogP contribution in [0.2, 0.25) is 0 Å². The molecule has 3 atom stereocenters. The van der Waals surface area contributed by atoms with Gasteiger partial charge in [0.2, 0.25) is 5.91 Å². The minimum atomic E-state index is -0.0465. The Morgan fingerprint density at radius 1 is 1.42 bits per heavy atom. The van der Waals surface area contributed by atoms with E-state index in [-0.39, 0.29) is 25.2 Å². The first-order valence-corrected chi connectivity index (χ1v) is 7.42. The molecule has 0 aliphatic heterocycles. The maximum atomic E-state index is 11.8. The third kappa shape index (κ3) is 5.11. The van der Waals surface area contributed by atoms with E-state index in [0.717, 1.165) is 6.42 Å². The average molecular weight is 271 g/mol. The molecule has 0 radical (unpaired) electrons. The van der Waals surface area contributed by atoms with Crippen molar-refractivity contribution in [3.8, 4) is 0 Å². The fourth-order valence-corrected chi connectivity index (χ4v) is 2.87. The van der Waals surface area contributed by atoms with Crippen LogP contribution in [0.5, 0.6) is 0 Å². The molecule has 1 aliphatic rings. The lowest BCUT2D eigenvalue weighted by Crippen LogP contribution is -2.38. The monoisotopic (exact) mass is 271 g/mol. The van der Waals surface area contributed by atoms with Crippen LogP contribution in [0, 0.1) is 17.8 Å². The number of hydrogen-bond acceptors (Lipinski definition) is 3. The van der Waals surface area contributed by atoms with Crippen LogP contribution in [0.1, 0.15) is 40.0 Å². The van der Waals surface area contributed by atoms with Crippen molar-refractivity contribution >= 4 is 5.91 Å². The molecule has 0 aromatic carbocycles. The molecule has 1 rings (SSSR count). The number of hydrogen-bond donors (Lipinski definition) is 1. The SMILES string of the molecule is CC(C)[C@@H]1CC[C@@H](C)C[C@H]1OCC(=O)N(C)CCO. The van der Waals surface area contributed by atoms with Crippen LogP contribution >= 0.6 is 0 Å². The van der Waals surface area contributed by atoms with Gasteiger partial charge in [0.15, 0.2) is 0 Å². The van der Waals surface area contributed by atoms with E-state index in [1.807, 2.05) is 0 Å². The molecule has 0 aromatic heterocycles. The Morgan fingerprint density at radius 3 is 2.68 bits per heavy atom. The summed E-state index contributed by atoms with van der Waals surface area (Å²) in [4.78, 5) is 13.3. The maximum Gasteiger partial charge on any atom is 0.248 e. The summed E-state index contributed by atoms with van der Waals surface area (Å²) in [6.45, 7) is 7.23. The van der Waals surface area contributed by atoms with Gasteiger partial charge in [-0.15, -0.1) is 0 Å². The number of rotatable bonds is 6. The smallest absolute Gasteiger partial charge is 0.248 e. The number of carbonyl (C=O) groups excluding carboxylic acids is 1. The summed E-state index contributed by atoms with van der Waals surface area (Å²) in [6, 6.07) is 0. The van der Waals surface area contributed by atoms with E-state index >= 15 is 0 Å². The average Bonchev–Trinajstić information content (AvgIpc) is 2.35. The molecular formula is C15H29NO3. The molecule has 1 aliphatic carbocycles. The van der Waals surface area contributed by atoms with Crippen molar-refractivity contribution in [3.63, 3.8) is 0 Å². The van der Waals surface area contributed by atoms with Crippen LogP contribution < -0.4 is 0 Å². The lowest BCUT2D eigenvalue weighted by atomic mass is 9.75. The van der Waals surface area contributed by atoms with E-state index < -0.39 is 0 Å². The fraction of sp³-hybridized carbons (Fsp3) is 0.933. The van der Waals surface area contributed by atoms with Crippen molar-refractivity contribution in [2.75, 3.05) is 26.8 Å². The van der Waals surface area contributed by atoms with E-state index in [0.29, 0.717) is 24.3 Å². The van der Waals surface area contributed by atoms with Gasteiger partial charge in [-0.3, -0.25) is 4.79 Å². The Hall–Kier alpha value is -0.610. The molecule has 19 heavy (non-hydrogen) atoms. The first-order chi connectivity index (χ1) is 8.95. The molecule has 112 valence electrons. The highest BCUT2D eigenvalue weighted by Crippen LogP contribution is 2.35. The normalized spacial score (nSPS) is 27.6. The van der Waals surface area contributed by atoms with Crippen molar-refractivity contribution in [2.45, 2.75) is 46.1 Å². The van der Waals surface area contributed by atoms with Crippen molar-refractivity contribution < 1.29 is 14.6 Å². The van der Waals surface area contributed by atoms with E-state index in [9.17, 15) is 4.79 Å². The quantitative estimate of drug-likeness (QED) is 0.803. The number of ether oxygens (including phenoxy) is 1. The van der Waals surface area contributed by atoms with Gasteiger partial charge in [0.1, 0.15) is 6.61 Å². The van der Waals surface area contributed by atoms with Crippen molar-refractivity contribution in [1.29, 1.82) is 0 Å². The summed E-state index contributed by atoms with van der Waals surface area (Å²) in [5.41, 5.74) is 0. The number of nitrogens with zero attached hydrogens (tertiary/aromatic N) is 1. The molecule has 0 bridgehead atoms. The topological polar surface area (TPSA) is 49.8 Å². The van der Waals surface area contributed by atoms with Crippen LogP contribution in [0.15, 0.2) is 0 Å². The van der Waals surface area contributed by atoms with Crippen molar-refractivity contribution in [3.05, 3.63) is 0 Å². The fourth-order valence-electron chi connectivity index (χ4n) is 2.87. The van der Waals surface area contributed by atoms with Crippen molar-refractivity contribution in [2.24, 2.45) is 17.8 Å². The lowest BCUT2D eigenvalue weighted by Gasteiger charge is -2.37. The number of aliphatic hydroxyl groups excluding tert-OH is 1. The lowest BCUT2D eigenvalue weighted by molar-refractivity contribution is -0.140. The maximum absolute atomic E-state index is 11.8. The summed E-state index contributed by atoms with van der Waals surface area (Å²) in [7, 11) is 1.70. The predicted octanol–water partition coefficient (Wildman–Crippen LogP) is 1.91. The van der Waals surface area contributed by atoms with Crippen LogP contribution in [-0.4, -0.2) is 48.8 Å². The largest absolute Gasteiger partial charge is 0.395 e. The molecule has 0 spiro atoms. The van der Waals surface area contributed by atoms with E-state index in [1.165, 1.54) is 17.7 Å². The standard InChI is InChI=1S/C15H29NO3/c1-11(2)13-6-5-12(3)9-14(13)19-10-15(18)16(4)7-8-17/h11-14,17H,5-10H2,1-4H3/t12-,13+,14-/m1/s1. The van der Waals surface area contributed by atoms with Crippen LogP contribution in [0.4, 0.5) is 0 Å². The van der Waals surface area contributed by atoms with Gasteiger partial charge in [0.25, 0.3) is 0 Å². The molecule has 0 heterocycles. The number of carbonyl (C=O) groups is 1. The third-order valence-electron chi connectivity index (χ3n) is 4.24. The second kappa shape index (κ2) is 7.85. The summed E-state index contributed by atoms with van der Waals surface area (Å²) in [5.74, 6) is 1.80. The Labute approximate surface area is 117 Å². The molecule has 4 nitrogen and oxygen atoms in total. The zero-order chi connectivity index (χ0) is 14.4. The molecule has 0 aromatic rings. The first kappa shape index (κ1) is 16.4. The third-order valence-corrected chi connectivity index (χ3v) is 4.24. The summed E-state index contributed by atoms with van der Waals surface area (Å²) >= 11 is 0. The molecule has 1 amide bonds. The highest BCUT2D eigenvalue weighted by atomic mass is 16.5. The van der Waals surface area contributed by atoms with Crippen LogP contribution in [0.3, 0.4) is 0 Å². The van der Waals surface area contributed by atoms with E-state index in [1.54, 1.807) is 7.05 Å². The summed E-state index contributed by atoms with van der Waals surface area (Å²) in [5, 5.41) is 8.82. The highest BCUT2D eigenvalue weighted by Gasteiger charge is 2.31. The van der Waals surface area contributed by atoms with Gasteiger partial charge in [0.05, 0.1) is 12.7 Å².